The van der Waals surface area contributed by atoms with Crippen LogP contribution < -0.4 is 0 Å². The number of carbonyl (C=O) groups is 2. The highest BCUT2D eigenvalue weighted by molar-refractivity contribution is 5.98. The van der Waals surface area contributed by atoms with Crippen molar-refractivity contribution in [2.45, 2.75) is 39.3 Å². The van der Waals surface area contributed by atoms with Gasteiger partial charge >= 0.3 is 0 Å². The van der Waals surface area contributed by atoms with Gasteiger partial charge in [-0.25, -0.2) is 4.68 Å². The van der Waals surface area contributed by atoms with Gasteiger partial charge < -0.3 is 9.80 Å². The number of rotatable bonds is 2. The summed E-state index contributed by atoms with van der Waals surface area (Å²) >= 11 is 0. The van der Waals surface area contributed by atoms with E-state index in [0.29, 0.717) is 12.2 Å². The molecule has 0 aliphatic carbocycles. The summed E-state index contributed by atoms with van der Waals surface area (Å²) in [6, 6.07) is 9.81. The Hall–Kier alpha value is -2.63. The minimum absolute atomic E-state index is 0.0161. The third-order valence-electron chi connectivity index (χ3n) is 5.38. The summed E-state index contributed by atoms with van der Waals surface area (Å²) in [5.41, 5.74) is 3.46. The molecule has 2 aliphatic heterocycles. The molecule has 1 aromatic carbocycles. The number of benzene rings is 1. The van der Waals surface area contributed by atoms with Gasteiger partial charge in [-0.1, -0.05) is 18.2 Å². The summed E-state index contributed by atoms with van der Waals surface area (Å²) in [5, 5.41) is 4.61. The molecule has 0 bridgehead atoms. The zero-order chi connectivity index (χ0) is 17.7. The fraction of sp³-hybridized carbons (Fsp3) is 0.421. The second kappa shape index (κ2) is 5.72. The SMILES string of the molecule is CC(=O)N1CCC(N2C(=O)c3c(c(C)nn3-c3ccccc3)C2C)C1. The first-order chi connectivity index (χ1) is 12.0. The lowest BCUT2D eigenvalue weighted by Crippen LogP contribution is -2.40. The predicted molar refractivity (Wildman–Crippen MR) is 93.5 cm³/mol. The van der Waals surface area contributed by atoms with Crippen molar-refractivity contribution in [1.82, 2.24) is 19.6 Å². The molecule has 1 fully saturated rings. The summed E-state index contributed by atoms with van der Waals surface area (Å²) in [6.45, 7) is 6.94. The summed E-state index contributed by atoms with van der Waals surface area (Å²) in [4.78, 5) is 28.6. The van der Waals surface area contributed by atoms with Gasteiger partial charge in [0.1, 0.15) is 5.69 Å². The number of nitrogens with zero attached hydrogens (tertiary/aromatic N) is 4. The maximum atomic E-state index is 13.2. The van der Waals surface area contributed by atoms with Gasteiger partial charge in [-0.05, 0) is 32.4 Å². The summed E-state index contributed by atoms with van der Waals surface area (Å²) < 4.78 is 1.77. The Kier molecular flexibility index (Phi) is 3.63. The van der Waals surface area contributed by atoms with Crippen molar-refractivity contribution >= 4 is 11.8 Å². The van der Waals surface area contributed by atoms with Crippen molar-refractivity contribution in [3.63, 3.8) is 0 Å². The molecule has 2 amide bonds. The number of likely N-dealkylation sites (tertiary alicyclic amines) is 1. The second-order valence-corrected chi connectivity index (χ2v) is 6.89. The molecule has 1 saturated heterocycles. The van der Waals surface area contributed by atoms with Crippen LogP contribution in [0.5, 0.6) is 0 Å². The minimum Gasteiger partial charge on any atom is -0.341 e. The molecule has 0 spiro atoms. The minimum atomic E-state index is -0.0168. The van der Waals surface area contributed by atoms with Crippen LogP contribution in [0.3, 0.4) is 0 Å². The lowest BCUT2D eigenvalue weighted by Gasteiger charge is -2.29. The number of para-hydroxylation sites is 1. The molecular weight excluding hydrogens is 316 g/mol. The summed E-state index contributed by atoms with van der Waals surface area (Å²) in [5.74, 6) is 0.0910. The average Bonchev–Trinajstić information content (AvgIpc) is 3.26. The molecule has 0 N–H and O–H groups in total. The molecule has 0 saturated carbocycles. The van der Waals surface area contributed by atoms with E-state index in [1.54, 1.807) is 11.6 Å². The number of hydrogen-bond acceptors (Lipinski definition) is 3. The largest absolute Gasteiger partial charge is 0.341 e. The maximum absolute atomic E-state index is 13.2. The molecule has 4 rings (SSSR count). The molecular formula is C19H22N4O2. The van der Waals surface area contributed by atoms with Crippen LogP contribution in [-0.2, 0) is 4.79 Å². The van der Waals surface area contributed by atoms with E-state index in [1.165, 1.54) is 0 Å². The fourth-order valence-corrected chi connectivity index (χ4v) is 4.18. The number of carbonyl (C=O) groups excluding carboxylic acids is 2. The first kappa shape index (κ1) is 15.9. The van der Waals surface area contributed by atoms with Crippen LogP contribution in [0.25, 0.3) is 5.69 Å². The highest BCUT2D eigenvalue weighted by Crippen LogP contribution is 2.39. The number of fused-ring (bicyclic) bond motifs is 1. The summed E-state index contributed by atoms with van der Waals surface area (Å²) in [6.07, 6.45) is 0.831. The smallest absolute Gasteiger partial charge is 0.273 e. The Labute approximate surface area is 147 Å². The Morgan fingerprint density at radius 3 is 2.60 bits per heavy atom. The van der Waals surface area contributed by atoms with Crippen molar-refractivity contribution in [2.24, 2.45) is 0 Å². The molecule has 2 aromatic rings. The van der Waals surface area contributed by atoms with Crippen molar-refractivity contribution in [3.8, 4) is 5.69 Å². The Balaban J connectivity index is 1.71. The molecule has 6 nitrogen and oxygen atoms in total. The van der Waals surface area contributed by atoms with Gasteiger partial charge in [-0.3, -0.25) is 9.59 Å². The lowest BCUT2D eigenvalue weighted by molar-refractivity contribution is -0.127. The maximum Gasteiger partial charge on any atom is 0.273 e. The van der Waals surface area contributed by atoms with Crippen LogP contribution in [0.1, 0.15) is 48.1 Å². The van der Waals surface area contributed by atoms with Gasteiger partial charge in [0.05, 0.1) is 23.5 Å². The lowest BCUT2D eigenvalue weighted by atomic mass is 10.1. The highest BCUT2D eigenvalue weighted by atomic mass is 16.2. The zero-order valence-corrected chi connectivity index (χ0v) is 14.8. The quantitative estimate of drug-likeness (QED) is 0.844. The number of hydrogen-bond donors (Lipinski definition) is 0. The van der Waals surface area contributed by atoms with Crippen LogP contribution in [0.15, 0.2) is 30.3 Å². The molecule has 130 valence electrons. The van der Waals surface area contributed by atoms with Crippen LogP contribution in [-0.4, -0.2) is 50.5 Å². The average molecular weight is 338 g/mol. The Morgan fingerprint density at radius 2 is 1.96 bits per heavy atom. The van der Waals surface area contributed by atoms with E-state index in [9.17, 15) is 9.59 Å². The Bertz CT molecular complexity index is 843. The van der Waals surface area contributed by atoms with Crippen LogP contribution in [0, 0.1) is 6.92 Å². The van der Waals surface area contributed by atoms with E-state index in [-0.39, 0.29) is 23.9 Å². The third kappa shape index (κ3) is 2.35. The van der Waals surface area contributed by atoms with E-state index in [1.807, 2.05) is 47.1 Å². The normalized spacial score (nSPS) is 22.6. The predicted octanol–water partition coefficient (Wildman–Crippen LogP) is 2.32. The number of amides is 2. The van der Waals surface area contributed by atoms with E-state index < -0.39 is 0 Å². The van der Waals surface area contributed by atoms with Gasteiger partial charge in [0.2, 0.25) is 5.91 Å². The number of aryl methyl sites for hydroxylation is 1. The molecule has 6 heteroatoms. The standard InChI is InChI=1S/C19H22N4O2/c1-12-17-13(2)22(16-9-10-21(11-16)14(3)24)19(25)18(17)23(20-12)15-7-5-4-6-8-15/h4-8,13,16H,9-11H2,1-3H3. The van der Waals surface area contributed by atoms with E-state index in [2.05, 4.69) is 12.0 Å². The van der Waals surface area contributed by atoms with Crippen molar-refractivity contribution < 1.29 is 9.59 Å². The van der Waals surface area contributed by atoms with Crippen LogP contribution >= 0.6 is 0 Å². The van der Waals surface area contributed by atoms with E-state index >= 15 is 0 Å². The molecule has 2 atom stereocenters. The van der Waals surface area contributed by atoms with Gasteiger partial charge in [-0.2, -0.15) is 5.10 Å². The molecule has 3 heterocycles. The van der Waals surface area contributed by atoms with E-state index in [0.717, 1.165) is 29.9 Å². The van der Waals surface area contributed by atoms with Crippen LogP contribution in [0.4, 0.5) is 0 Å². The van der Waals surface area contributed by atoms with Crippen molar-refractivity contribution in [1.29, 1.82) is 0 Å². The van der Waals surface area contributed by atoms with Gasteiger partial charge in [-0.15, -0.1) is 0 Å². The van der Waals surface area contributed by atoms with Crippen LogP contribution in [0.2, 0.25) is 0 Å². The van der Waals surface area contributed by atoms with Gasteiger partial charge in [0.15, 0.2) is 0 Å². The first-order valence-electron chi connectivity index (χ1n) is 8.72. The van der Waals surface area contributed by atoms with Gasteiger partial charge in [0.25, 0.3) is 5.91 Å². The van der Waals surface area contributed by atoms with E-state index in [4.69, 9.17) is 0 Å². The number of aromatic nitrogens is 2. The molecule has 2 aliphatic rings. The van der Waals surface area contributed by atoms with Gasteiger partial charge in [0, 0.05) is 25.6 Å². The zero-order valence-electron chi connectivity index (χ0n) is 14.8. The fourth-order valence-electron chi connectivity index (χ4n) is 4.18. The molecule has 1 aromatic heterocycles. The van der Waals surface area contributed by atoms with Crippen molar-refractivity contribution in [3.05, 3.63) is 47.3 Å². The highest BCUT2D eigenvalue weighted by Gasteiger charge is 2.45. The molecule has 2 unspecified atom stereocenters. The molecule has 25 heavy (non-hydrogen) atoms. The van der Waals surface area contributed by atoms with Crippen molar-refractivity contribution in [2.75, 3.05) is 13.1 Å². The third-order valence-corrected chi connectivity index (χ3v) is 5.38. The monoisotopic (exact) mass is 338 g/mol. The molecule has 0 radical (unpaired) electrons. The summed E-state index contributed by atoms with van der Waals surface area (Å²) in [7, 11) is 0. The topological polar surface area (TPSA) is 58.4 Å². The second-order valence-electron chi connectivity index (χ2n) is 6.89. The Morgan fingerprint density at radius 1 is 1.24 bits per heavy atom. The first-order valence-corrected chi connectivity index (χ1v) is 8.72.